The Morgan fingerprint density at radius 3 is 2.46 bits per heavy atom. The molecule has 7 nitrogen and oxygen atoms in total. The molecule has 0 aliphatic carbocycles. The lowest BCUT2D eigenvalue weighted by molar-refractivity contribution is 0.102. The number of fused-ring (bicyclic) bond motifs is 1. The van der Waals surface area contributed by atoms with Crippen LogP contribution in [0.2, 0.25) is 5.02 Å². The van der Waals surface area contributed by atoms with Gasteiger partial charge in [-0.25, -0.2) is 17.4 Å². The maximum atomic E-state index is 12.5. The number of carbonyl (C=O) groups excluding carboxylic acids is 1. The second-order valence-corrected chi connectivity index (χ2v) is 8.77. The Morgan fingerprint density at radius 1 is 1.19 bits per heavy atom. The van der Waals surface area contributed by atoms with Gasteiger partial charge >= 0.3 is 0 Å². The molecule has 0 saturated heterocycles. The maximum absolute atomic E-state index is 12.5. The zero-order chi connectivity index (χ0) is 19.1. The number of carbonyl (C=O) groups is 1. The third kappa shape index (κ3) is 3.25. The zero-order valence-corrected chi connectivity index (χ0v) is 15.7. The number of nitrogens with zero attached hydrogens (tertiary/aromatic N) is 2. The van der Waals surface area contributed by atoms with Crippen LogP contribution in [0.25, 0.3) is 11.0 Å². The third-order valence-corrected chi connectivity index (χ3v) is 6.19. The molecule has 2 aromatic carbocycles. The van der Waals surface area contributed by atoms with Crippen molar-refractivity contribution >= 4 is 50.2 Å². The Bertz CT molecular complexity index is 1090. The van der Waals surface area contributed by atoms with Gasteiger partial charge in [0.05, 0.1) is 16.3 Å². The normalized spacial score (nSPS) is 11.8. The second kappa shape index (κ2) is 6.62. The summed E-state index contributed by atoms with van der Waals surface area (Å²) in [7, 11) is -3.64. The number of benzene rings is 2. The standard InChI is InChI=1S/C17H17ClN4O3S/c1-10(2)26(24,25)22-15-8-7-13(9-14(15)21-17(22)19)20-16(23)11-3-5-12(18)6-4-11/h3-10H,1-2H3,(H2,19,21)(H,20,23). The van der Waals surface area contributed by atoms with Crippen LogP contribution in [0.15, 0.2) is 42.5 Å². The van der Waals surface area contributed by atoms with Gasteiger partial charge in [-0.2, -0.15) is 0 Å². The van der Waals surface area contributed by atoms with Crippen LogP contribution < -0.4 is 11.1 Å². The quantitative estimate of drug-likeness (QED) is 0.709. The van der Waals surface area contributed by atoms with Crippen LogP contribution in [0.3, 0.4) is 0 Å². The highest BCUT2D eigenvalue weighted by Gasteiger charge is 2.24. The summed E-state index contributed by atoms with van der Waals surface area (Å²) >= 11 is 5.81. The van der Waals surface area contributed by atoms with Gasteiger partial charge < -0.3 is 11.1 Å². The molecule has 9 heteroatoms. The first kappa shape index (κ1) is 18.2. The number of imidazole rings is 1. The smallest absolute Gasteiger partial charge is 0.255 e. The van der Waals surface area contributed by atoms with Gasteiger partial charge in [-0.05, 0) is 56.3 Å². The molecule has 0 aliphatic heterocycles. The molecule has 0 spiro atoms. The van der Waals surface area contributed by atoms with Crippen molar-refractivity contribution in [2.24, 2.45) is 0 Å². The fraction of sp³-hybridized carbons (Fsp3) is 0.176. The predicted molar refractivity (Wildman–Crippen MR) is 103 cm³/mol. The summed E-state index contributed by atoms with van der Waals surface area (Å²) in [6.45, 7) is 3.14. The number of hydrogen-bond acceptors (Lipinski definition) is 5. The molecule has 0 atom stereocenters. The van der Waals surface area contributed by atoms with Gasteiger partial charge in [0.25, 0.3) is 5.91 Å². The first-order chi connectivity index (χ1) is 12.2. The van der Waals surface area contributed by atoms with Crippen molar-refractivity contribution in [3.63, 3.8) is 0 Å². The summed E-state index contributed by atoms with van der Waals surface area (Å²) in [4.78, 5) is 16.4. The molecule has 0 radical (unpaired) electrons. The topological polar surface area (TPSA) is 107 Å². The molecular weight excluding hydrogens is 376 g/mol. The molecular formula is C17H17ClN4O3S. The molecule has 0 aliphatic rings. The van der Waals surface area contributed by atoms with E-state index in [1.54, 1.807) is 56.3 Å². The largest absolute Gasteiger partial charge is 0.368 e. The Balaban J connectivity index is 1.96. The van der Waals surface area contributed by atoms with Crippen LogP contribution in [-0.4, -0.2) is 28.5 Å². The van der Waals surface area contributed by atoms with Crippen molar-refractivity contribution in [2.45, 2.75) is 19.1 Å². The average Bonchev–Trinajstić information content (AvgIpc) is 2.90. The monoisotopic (exact) mass is 392 g/mol. The number of anilines is 2. The summed E-state index contributed by atoms with van der Waals surface area (Å²) in [6.07, 6.45) is 0. The molecule has 0 saturated carbocycles. The van der Waals surface area contributed by atoms with Crippen molar-refractivity contribution in [3.05, 3.63) is 53.1 Å². The van der Waals surface area contributed by atoms with Crippen LogP contribution in [0.5, 0.6) is 0 Å². The SMILES string of the molecule is CC(C)S(=O)(=O)n1c(N)nc2cc(NC(=O)c3ccc(Cl)cc3)ccc21. The first-order valence-corrected chi connectivity index (χ1v) is 9.67. The van der Waals surface area contributed by atoms with Crippen LogP contribution in [0.1, 0.15) is 24.2 Å². The summed E-state index contributed by atoms with van der Waals surface area (Å²) in [5.41, 5.74) is 7.47. The predicted octanol–water partition coefficient (Wildman–Crippen LogP) is 3.11. The number of nitrogens with one attached hydrogen (secondary N) is 1. The van der Waals surface area contributed by atoms with Crippen LogP contribution >= 0.6 is 11.6 Å². The number of nitrogen functional groups attached to an aromatic ring is 1. The average molecular weight is 393 g/mol. The lowest BCUT2D eigenvalue weighted by Crippen LogP contribution is -2.23. The van der Waals surface area contributed by atoms with Gasteiger partial charge in [0.15, 0.2) is 0 Å². The zero-order valence-electron chi connectivity index (χ0n) is 14.1. The number of rotatable bonds is 4. The molecule has 1 aromatic heterocycles. The summed E-state index contributed by atoms with van der Waals surface area (Å²) in [6, 6.07) is 11.2. The van der Waals surface area contributed by atoms with E-state index in [2.05, 4.69) is 10.3 Å². The van der Waals surface area contributed by atoms with Crippen LogP contribution in [-0.2, 0) is 10.0 Å². The summed E-state index contributed by atoms with van der Waals surface area (Å²) < 4.78 is 26.0. The number of aromatic nitrogens is 2. The number of amides is 1. The molecule has 3 rings (SSSR count). The van der Waals surface area contributed by atoms with Gasteiger partial charge in [0, 0.05) is 16.3 Å². The lowest BCUT2D eigenvalue weighted by Gasteiger charge is -2.11. The summed E-state index contributed by atoms with van der Waals surface area (Å²) in [5, 5.41) is 2.63. The second-order valence-electron chi connectivity index (χ2n) is 5.99. The van der Waals surface area contributed by atoms with E-state index in [4.69, 9.17) is 17.3 Å². The van der Waals surface area contributed by atoms with Gasteiger partial charge in [-0.1, -0.05) is 11.6 Å². The van der Waals surface area contributed by atoms with Gasteiger partial charge in [-0.3, -0.25) is 4.79 Å². The highest BCUT2D eigenvalue weighted by atomic mass is 35.5. The van der Waals surface area contributed by atoms with Gasteiger partial charge in [-0.15, -0.1) is 0 Å². The highest BCUT2D eigenvalue weighted by molar-refractivity contribution is 7.90. The molecule has 0 unspecified atom stereocenters. The summed E-state index contributed by atoms with van der Waals surface area (Å²) in [5.74, 6) is -0.432. The van der Waals surface area contributed by atoms with Crippen LogP contribution in [0, 0.1) is 0 Å². The molecule has 0 fully saturated rings. The Labute approximate surface area is 155 Å². The van der Waals surface area contributed by atoms with Crippen molar-refractivity contribution < 1.29 is 13.2 Å². The van der Waals surface area contributed by atoms with E-state index in [1.807, 2.05) is 0 Å². The van der Waals surface area contributed by atoms with E-state index in [0.29, 0.717) is 27.3 Å². The highest BCUT2D eigenvalue weighted by Crippen LogP contribution is 2.25. The Morgan fingerprint density at radius 2 is 1.85 bits per heavy atom. The van der Waals surface area contributed by atoms with Gasteiger partial charge in [0.1, 0.15) is 0 Å². The lowest BCUT2D eigenvalue weighted by atomic mass is 10.2. The van der Waals surface area contributed by atoms with Crippen molar-refractivity contribution in [2.75, 3.05) is 11.1 Å². The minimum absolute atomic E-state index is 0.116. The fourth-order valence-corrected chi connectivity index (χ4v) is 3.72. The molecule has 3 N–H and O–H groups in total. The molecule has 136 valence electrons. The van der Waals surface area contributed by atoms with E-state index in [-0.39, 0.29) is 11.9 Å². The van der Waals surface area contributed by atoms with E-state index in [9.17, 15) is 13.2 Å². The Kier molecular flexibility index (Phi) is 4.64. The molecule has 1 amide bonds. The van der Waals surface area contributed by atoms with Crippen molar-refractivity contribution in [1.82, 2.24) is 8.96 Å². The number of hydrogen-bond donors (Lipinski definition) is 2. The molecule has 3 aromatic rings. The first-order valence-electron chi connectivity index (χ1n) is 7.79. The van der Waals surface area contributed by atoms with E-state index in [1.165, 1.54) is 0 Å². The molecule has 26 heavy (non-hydrogen) atoms. The number of halogens is 1. The van der Waals surface area contributed by atoms with Crippen molar-refractivity contribution in [1.29, 1.82) is 0 Å². The minimum atomic E-state index is -3.64. The van der Waals surface area contributed by atoms with E-state index >= 15 is 0 Å². The fourth-order valence-electron chi connectivity index (χ4n) is 2.44. The minimum Gasteiger partial charge on any atom is -0.368 e. The van der Waals surface area contributed by atoms with Crippen molar-refractivity contribution in [3.8, 4) is 0 Å². The maximum Gasteiger partial charge on any atom is 0.255 e. The number of nitrogens with two attached hydrogens (primary N) is 1. The van der Waals surface area contributed by atoms with E-state index in [0.717, 1.165) is 3.97 Å². The molecule has 1 heterocycles. The van der Waals surface area contributed by atoms with Gasteiger partial charge in [0.2, 0.25) is 16.0 Å². The Hall–Kier alpha value is -2.58. The van der Waals surface area contributed by atoms with E-state index < -0.39 is 15.3 Å². The third-order valence-electron chi connectivity index (χ3n) is 3.85. The molecule has 0 bridgehead atoms. The van der Waals surface area contributed by atoms with Crippen LogP contribution in [0.4, 0.5) is 11.6 Å².